The molecule has 0 fully saturated rings. The largest absolute Gasteiger partial charge is 0.357 e. The van der Waals surface area contributed by atoms with Gasteiger partial charge in [-0.1, -0.05) is 73.1 Å². The third kappa shape index (κ3) is 6.70. The lowest BCUT2D eigenvalue weighted by Gasteiger charge is -2.28. The Bertz CT molecular complexity index is 841. The van der Waals surface area contributed by atoms with E-state index in [1.807, 2.05) is 24.3 Å². The number of likely N-dealkylation sites (N-methyl/N-ethyl adjacent to an activating group) is 1. The number of amides is 2. The van der Waals surface area contributed by atoms with Gasteiger partial charge in [-0.2, -0.15) is 0 Å². The maximum absolute atomic E-state index is 13.0. The van der Waals surface area contributed by atoms with Gasteiger partial charge in [-0.15, -0.1) is 0 Å². The van der Waals surface area contributed by atoms with Crippen molar-refractivity contribution in [1.82, 2.24) is 10.2 Å². The molecule has 0 unspecified atom stereocenters. The average molecular weight is 459 g/mol. The van der Waals surface area contributed by atoms with Gasteiger partial charge in [0.1, 0.15) is 6.04 Å². The first-order chi connectivity index (χ1) is 13.6. The molecule has 2 aromatic carbocycles. The smallest absolute Gasteiger partial charge is 0.242 e. The summed E-state index contributed by atoms with van der Waals surface area (Å²) in [5.74, 6) is -0.191. The van der Waals surface area contributed by atoms with Crippen LogP contribution in [0.15, 0.2) is 53.0 Å². The fraction of sp³-hybridized carbons (Fsp3) is 0.417. The lowest BCUT2D eigenvalue weighted by atomic mass is 9.86. The fourth-order valence-corrected chi connectivity index (χ4v) is 3.64. The quantitative estimate of drug-likeness (QED) is 0.644. The van der Waals surface area contributed by atoms with Gasteiger partial charge >= 0.3 is 0 Å². The number of nitrogens with one attached hydrogen (secondary N) is 1. The van der Waals surface area contributed by atoms with Gasteiger partial charge in [0.25, 0.3) is 0 Å². The van der Waals surface area contributed by atoms with E-state index in [-0.39, 0.29) is 17.2 Å². The van der Waals surface area contributed by atoms with Crippen LogP contribution >= 0.6 is 15.9 Å². The van der Waals surface area contributed by atoms with Crippen LogP contribution in [0, 0.1) is 0 Å². The molecule has 0 saturated heterocycles. The van der Waals surface area contributed by atoms with E-state index in [1.54, 1.807) is 18.9 Å². The third-order valence-electron chi connectivity index (χ3n) is 5.10. The number of nitrogens with zero attached hydrogens (tertiary/aromatic N) is 1. The van der Waals surface area contributed by atoms with E-state index in [9.17, 15) is 9.59 Å². The molecule has 0 radical (unpaired) electrons. The summed E-state index contributed by atoms with van der Waals surface area (Å²) in [6.07, 6.45) is 1.02. The lowest BCUT2D eigenvalue weighted by Crippen LogP contribution is -2.46. The first-order valence-electron chi connectivity index (χ1n) is 9.96. The highest BCUT2D eigenvalue weighted by Crippen LogP contribution is 2.23. The van der Waals surface area contributed by atoms with Crippen LogP contribution in [0.4, 0.5) is 0 Å². The zero-order valence-corrected chi connectivity index (χ0v) is 19.5. The van der Waals surface area contributed by atoms with Crippen LogP contribution in [0.25, 0.3) is 0 Å². The Hall–Kier alpha value is -2.14. The van der Waals surface area contributed by atoms with Gasteiger partial charge in [0.2, 0.25) is 11.8 Å². The van der Waals surface area contributed by atoms with Gasteiger partial charge in [-0.3, -0.25) is 9.59 Å². The first kappa shape index (κ1) is 23.1. The highest BCUT2D eigenvalue weighted by Gasteiger charge is 2.25. The van der Waals surface area contributed by atoms with Crippen LogP contribution in [0.1, 0.15) is 50.8 Å². The number of carbonyl (C=O) groups excluding carboxylic acids is 2. The number of hydrogen-bond donors (Lipinski definition) is 1. The van der Waals surface area contributed by atoms with Gasteiger partial charge in [0, 0.05) is 24.5 Å². The Balaban J connectivity index is 2.11. The molecule has 4 nitrogen and oxygen atoms in total. The van der Waals surface area contributed by atoms with Gasteiger partial charge in [-0.25, -0.2) is 0 Å². The predicted octanol–water partition coefficient (Wildman–Crippen LogP) is 4.84. The number of halogens is 1. The van der Waals surface area contributed by atoms with E-state index in [2.05, 4.69) is 66.3 Å². The van der Waals surface area contributed by atoms with Crippen LogP contribution in [-0.2, 0) is 28.0 Å². The van der Waals surface area contributed by atoms with Crippen LogP contribution in [-0.4, -0.2) is 29.8 Å². The highest BCUT2D eigenvalue weighted by molar-refractivity contribution is 9.10. The summed E-state index contributed by atoms with van der Waals surface area (Å²) >= 11 is 3.47. The molecule has 0 heterocycles. The number of aryl methyl sites for hydroxylation is 1. The molecular formula is C24H31BrN2O2. The Morgan fingerprint density at radius 3 is 2.28 bits per heavy atom. The molecule has 0 bridgehead atoms. The van der Waals surface area contributed by atoms with Gasteiger partial charge in [0.15, 0.2) is 0 Å². The second-order valence-corrected chi connectivity index (χ2v) is 9.30. The van der Waals surface area contributed by atoms with Crippen LogP contribution in [0.2, 0.25) is 0 Å². The molecule has 2 aromatic rings. The van der Waals surface area contributed by atoms with E-state index in [0.717, 1.165) is 15.6 Å². The second-order valence-electron chi connectivity index (χ2n) is 8.39. The van der Waals surface area contributed by atoms with Crippen LogP contribution < -0.4 is 5.32 Å². The first-order valence-corrected chi connectivity index (χ1v) is 10.8. The van der Waals surface area contributed by atoms with Crippen molar-refractivity contribution in [3.8, 4) is 0 Å². The minimum absolute atomic E-state index is 0.0269. The molecule has 29 heavy (non-hydrogen) atoms. The molecule has 2 rings (SSSR count). The normalized spacial score (nSPS) is 12.3. The zero-order chi connectivity index (χ0) is 21.6. The summed E-state index contributed by atoms with van der Waals surface area (Å²) in [6.45, 7) is 8.73. The molecule has 156 valence electrons. The Morgan fingerprint density at radius 1 is 1.07 bits per heavy atom. The van der Waals surface area contributed by atoms with E-state index in [4.69, 9.17) is 0 Å². The molecule has 0 aliphatic heterocycles. The van der Waals surface area contributed by atoms with E-state index in [0.29, 0.717) is 19.4 Å². The van der Waals surface area contributed by atoms with Gasteiger partial charge < -0.3 is 10.2 Å². The molecule has 0 aliphatic rings. The van der Waals surface area contributed by atoms with Crippen molar-refractivity contribution in [2.75, 3.05) is 7.05 Å². The maximum Gasteiger partial charge on any atom is 0.242 e. The minimum Gasteiger partial charge on any atom is -0.357 e. The van der Waals surface area contributed by atoms with Crippen molar-refractivity contribution in [3.05, 3.63) is 69.7 Å². The number of benzene rings is 2. The van der Waals surface area contributed by atoms with Gasteiger partial charge in [-0.05, 0) is 47.6 Å². The lowest BCUT2D eigenvalue weighted by molar-refractivity contribution is -0.140. The third-order valence-corrected chi connectivity index (χ3v) is 5.60. The second kappa shape index (κ2) is 10.1. The SMILES string of the molecule is CNC(=O)[C@H](C)N(Cc1cccc(Br)c1)C(=O)CCc1ccc(C(C)(C)C)cc1. The molecule has 0 aliphatic carbocycles. The van der Waals surface area contributed by atoms with Crippen molar-refractivity contribution in [2.45, 2.75) is 58.5 Å². The van der Waals surface area contributed by atoms with Crippen molar-refractivity contribution in [1.29, 1.82) is 0 Å². The Kier molecular flexibility index (Phi) is 8.03. The highest BCUT2D eigenvalue weighted by atomic mass is 79.9. The van der Waals surface area contributed by atoms with Crippen LogP contribution in [0.5, 0.6) is 0 Å². The molecule has 1 N–H and O–H groups in total. The summed E-state index contributed by atoms with van der Waals surface area (Å²) < 4.78 is 0.953. The topological polar surface area (TPSA) is 49.4 Å². The number of hydrogen-bond acceptors (Lipinski definition) is 2. The van der Waals surface area contributed by atoms with E-state index in [1.165, 1.54) is 5.56 Å². The summed E-state index contributed by atoms with van der Waals surface area (Å²) in [5.41, 5.74) is 3.49. The van der Waals surface area contributed by atoms with Crippen molar-refractivity contribution >= 4 is 27.7 Å². The zero-order valence-electron chi connectivity index (χ0n) is 18.0. The van der Waals surface area contributed by atoms with Crippen molar-refractivity contribution < 1.29 is 9.59 Å². The summed E-state index contributed by atoms with van der Waals surface area (Å²) in [7, 11) is 1.59. The summed E-state index contributed by atoms with van der Waals surface area (Å²) in [6, 6.07) is 15.7. The number of carbonyl (C=O) groups is 2. The minimum atomic E-state index is -0.533. The van der Waals surface area contributed by atoms with Gasteiger partial charge in [0.05, 0.1) is 0 Å². The predicted molar refractivity (Wildman–Crippen MR) is 122 cm³/mol. The average Bonchev–Trinajstić information content (AvgIpc) is 2.68. The summed E-state index contributed by atoms with van der Waals surface area (Å²) in [5, 5.41) is 2.65. The molecule has 0 spiro atoms. The van der Waals surface area contributed by atoms with Crippen LogP contribution in [0.3, 0.4) is 0 Å². The fourth-order valence-electron chi connectivity index (χ4n) is 3.19. The maximum atomic E-state index is 13.0. The van der Waals surface area contributed by atoms with Crippen molar-refractivity contribution in [2.24, 2.45) is 0 Å². The standard InChI is InChI=1S/C24H31BrN2O2/c1-17(23(29)26-5)27(16-19-7-6-8-21(25)15-19)22(28)14-11-18-9-12-20(13-10-18)24(2,3)4/h6-10,12-13,15,17H,11,14,16H2,1-5H3,(H,26,29)/t17-/m0/s1. The Morgan fingerprint density at radius 2 is 1.72 bits per heavy atom. The molecule has 5 heteroatoms. The molecule has 0 saturated carbocycles. The molecule has 1 atom stereocenters. The number of rotatable bonds is 7. The molecule has 0 aromatic heterocycles. The molecular weight excluding hydrogens is 428 g/mol. The van der Waals surface area contributed by atoms with E-state index >= 15 is 0 Å². The van der Waals surface area contributed by atoms with E-state index < -0.39 is 6.04 Å². The van der Waals surface area contributed by atoms with Crippen molar-refractivity contribution in [3.63, 3.8) is 0 Å². The Labute approximate surface area is 182 Å². The summed E-state index contributed by atoms with van der Waals surface area (Å²) in [4.78, 5) is 26.9. The molecule has 2 amide bonds. The monoisotopic (exact) mass is 458 g/mol.